The summed E-state index contributed by atoms with van der Waals surface area (Å²) in [5, 5.41) is 2.88. The first-order valence-corrected chi connectivity index (χ1v) is 10.9. The van der Waals surface area contributed by atoms with Crippen LogP contribution in [0, 0.1) is 6.92 Å². The Hall–Kier alpha value is -3.88. The fraction of sp³-hybridized carbons (Fsp3) is 0.333. The molecule has 0 bridgehead atoms. The molecule has 3 aromatic rings. The number of benzene rings is 1. The summed E-state index contributed by atoms with van der Waals surface area (Å²) in [5.74, 6) is 1.09. The minimum absolute atomic E-state index is 0.0119. The van der Waals surface area contributed by atoms with Crippen LogP contribution in [0.1, 0.15) is 46.3 Å². The average molecular weight is 447 g/mol. The van der Waals surface area contributed by atoms with Gasteiger partial charge in [0.1, 0.15) is 17.9 Å². The maximum Gasteiger partial charge on any atom is 0.260 e. The zero-order valence-electron chi connectivity index (χ0n) is 18.5. The quantitative estimate of drug-likeness (QED) is 0.593. The Kier molecular flexibility index (Phi) is 7.19. The Morgan fingerprint density at radius 2 is 1.91 bits per heavy atom. The molecule has 170 valence electrons. The monoisotopic (exact) mass is 446 g/mol. The van der Waals surface area contributed by atoms with E-state index in [2.05, 4.69) is 25.3 Å². The van der Waals surface area contributed by atoms with Crippen LogP contribution in [0.5, 0.6) is 5.75 Å². The molecule has 33 heavy (non-hydrogen) atoms. The van der Waals surface area contributed by atoms with Crippen LogP contribution in [-0.4, -0.2) is 56.3 Å². The van der Waals surface area contributed by atoms with Gasteiger partial charge in [0.25, 0.3) is 11.8 Å². The molecule has 1 saturated heterocycles. The zero-order chi connectivity index (χ0) is 23.0. The van der Waals surface area contributed by atoms with Gasteiger partial charge in [-0.25, -0.2) is 19.9 Å². The molecule has 2 amide bonds. The number of carbonyl (C=O) groups is 2. The molecule has 0 spiro atoms. The summed E-state index contributed by atoms with van der Waals surface area (Å²) in [4.78, 5) is 44.1. The minimum Gasteiger partial charge on any atom is -0.484 e. The molecule has 9 nitrogen and oxygen atoms in total. The normalized spacial score (nSPS) is 14.0. The Labute approximate surface area is 192 Å². The van der Waals surface area contributed by atoms with Gasteiger partial charge in [0, 0.05) is 31.4 Å². The number of ether oxygens (including phenoxy) is 1. The van der Waals surface area contributed by atoms with Crippen molar-refractivity contribution < 1.29 is 14.3 Å². The largest absolute Gasteiger partial charge is 0.484 e. The standard InChI is InChI=1S/C24H26N6O3/c1-17-26-14-21(24(32)27-13-19-7-10-25-16-28-19)23(29-17)18-8-11-30(12-9-18)22(31)15-33-20-5-3-2-4-6-20/h2-7,10,14,16,18H,8-9,11-13,15H2,1H3,(H,27,32). The van der Waals surface area contributed by atoms with E-state index in [1.165, 1.54) is 6.33 Å². The summed E-state index contributed by atoms with van der Waals surface area (Å²) >= 11 is 0. The lowest BCUT2D eigenvalue weighted by atomic mass is 9.90. The Morgan fingerprint density at radius 1 is 1.12 bits per heavy atom. The summed E-state index contributed by atoms with van der Waals surface area (Å²) in [6.45, 7) is 3.30. The van der Waals surface area contributed by atoms with Crippen LogP contribution in [0.2, 0.25) is 0 Å². The molecule has 1 fully saturated rings. The van der Waals surface area contributed by atoms with E-state index in [0.717, 1.165) is 24.2 Å². The number of nitrogens with zero attached hydrogens (tertiary/aromatic N) is 5. The van der Waals surface area contributed by atoms with E-state index in [4.69, 9.17) is 4.74 Å². The highest BCUT2D eigenvalue weighted by Crippen LogP contribution is 2.29. The lowest BCUT2D eigenvalue weighted by Gasteiger charge is -2.32. The third-order valence-electron chi connectivity index (χ3n) is 5.60. The van der Waals surface area contributed by atoms with Crippen LogP contribution in [0.25, 0.3) is 0 Å². The average Bonchev–Trinajstić information content (AvgIpc) is 2.87. The van der Waals surface area contributed by atoms with Gasteiger partial charge in [-0.2, -0.15) is 0 Å². The highest BCUT2D eigenvalue weighted by Gasteiger charge is 2.28. The van der Waals surface area contributed by atoms with Gasteiger partial charge in [-0.1, -0.05) is 18.2 Å². The maximum atomic E-state index is 12.9. The highest BCUT2D eigenvalue weighted by molar-refractivity contribution is 5.95. The predicted molar refractivity (Wildman–Crippen MR) is 120 cm³/mol. The smallest absolute Gasteiger partial charge is 0.260 e. The summed E-state index contributed by atoms with van der Waals surface area (Å²) in [7, 11) is 0. The Balaban J connectivity index is 1.36. The molecule has 1 aliphatic heterocycles. The number of aromatic nitrogens is 4. The van der Waals surface area contributed by atoms with Crippen molar-refractivity contribution in [2.24, 2.45) is 0 Å². The highest BCUT2D eigenvalue weighted by atomic mass is 16.5. The molecule has 2 aromatic heterocycles. The van der Waals surface area contributed by atoms with Gasteiger partial charge >= 0.3 is 0 Å². The molecule has 0 atom stereocenters. The number of piperidine rings is 1. The maximum absolute atomic E-state index is 12.9. The van der Waals surface area contributed by atoms with Crippen LogP contribution in [0.4, 0.5) is 0 Å². The summed E-state index contributed by atoms with van der Waals surface area (Å²) < 4.78 is 5.59. The second kappa shape index (κ2) is 10.6. The molecule has 1 N–H and O–H groups in total. The van der Waals surface area contributed by atoms with Crippen molar-refractivity contribution in [3.8, 4) is 5.75 Å². The van der Waals surface area contributed by atoms with Gasteiger partial charge in [0.2, 0.25) is 0 Å². The molecule has 4 rings (SSSR count). The Morgan fingerprint density at radius 3 is 2.64 bits per heavy atom. The van der Waals surface area contributed by atoms with Crippen molar-refractivity contribution >= 4 is 11.8 Å². The number of amides is 2. The number of nitrogens with one attached hydrogen (secondary N) is 1. The molecule has 0 saturated carbocycles. The fourth-order valence-corrected chi connectivity index (χ4v) is 3.82. The lowest BCUT2D eigenvalue weighted by molar-refractivity contribution is -0.134. The number of para-hydroxylation sites is 1. The summed E-state index contributed by atoms with van der Waals surface area (Å²) in [5.41, 5.74) is 1.92. The lowest BCUT2D eigenvalue weighted by Crippen LogP contribution is -2.41. The molecule has 0 unspecified atom stereocenters. The van der Waals surface area contributed by atoms with E-state index in [1.54, 1.807) is 18.5 Å². The fourth-order valence-electron chi connectivity index (χ4n) is 3.82. The van der Waals surface area contributed by atoms with E-state index < -0.39 is 0 Å². The van der Waals surface area contributed by atoms with Crippen LogP contribution in [0.3, 0.4) is 0 Å². The van der Waals surface area contributed by atoms with Crippen molar-refractivity contribution in [1.82, 2.24) is 30.2 Å². The summed E-state index contributed by atoms with van der Waals surface area (Å²) in [6.07, 6.45) is 6.11. The van der Waals surface area contributed by atoms with E-state index in [9.17, 15) is 9.59 Å². The van der Waals surface area contributed by atoms with E-state index >= 15 is 0 Å². The van der Waals surface area contributed by atoms with Crippen molar-refractivity contribution in [3.63, 3.8) is 0 Å². The molecular formula is C24H26N6O3. The van der Waals surface area contributed by atoms with Gasteiger partial charge in [-0.3, -0.25) is 9.59 Å². The molecule has 9 heteroatoms. The van der Waals surface area contributed by atoms with Crippen molar-refractivity contribution in [1.29, 1.82) is 0 Å². The third-order valence-corrected chi connectivity index (χ3v) is 5.60. The Bertz CT molecular complexity index is 1090. The van der Waals surface area contributed by atoms with E-state index in [1.807, 2.05) is 42.2 Å². The van der Waals surface area contributed by atoms with Crippen molar-refractivity contribution in [2.75, 3.05) is 19.7 Å². The van der Waals surface area contributed by atoms with E-state index in [0.29, 0.717) is 36.8 Å². The van der Waals surface area contributed by atoms with Crippen LogP contribution >= 0.6 is 0 Å². The van der Waals surface area contributed by atoms with Crippen LogP contribution in [0.15, 0.2) is 55.1 Å². The predicted octanol–water partition coefficient (Wildman–Crippen LogP) is 2.29. The number of carbonyl (C=O) groups excluding carboxylic acids is 2. The number of rotatable bonds is 7. The molecule has 1 aliphatic rings. The second-order valence-electron chi connectivity index (χ2n) is 7.86. The first kappa shape index (κ1) is 22.3. The number of hydrogen-bond donors (Lipinski definition) is 1. The molecule has 0 radical (unpaired) electrons. The number of aryl methyl sites for hydroxylation is 1. The topological polar surface area (TPSA) is 110 Å². The first-order chi connectivity index (χ1) is 16.1. The first-order valence-electron chi connectivity index (χ1n) is 10.9. The number of hydrogen-bond acceptors (Lipinski definition) is 7. The van der Waals surface area contributed by atoms with Crippen LogP contribution < -0.4 is 10.1 Å². The van der Waals surface area contributed by atoms with Gasteiger partial charge in [0.05, 0.1) is 23.5 Å². The second-order valence-corrected chi connectivity index (χ2v) is 7.86. The summed E-state index contributed by atoms with van der Waals surface area (Å²) in [6, 6.07) is 11.1. The van der Waals surface area contributed by atoms with Gasteiger partial charge < -0.3 is 15.0 Å². The van der Waals surface area contributed by atoms with Gasteiger partial charge in [-0.15, -0.1) is 0 Å². The van der Waals surface area contributed by atoms with Crippen molar-refractivity contribution in [2.45, 2.75) is 32.2 Å². The third kappa shape index (κ3) is 5.88. The molecule has 0 aliphatic carbocycles. The molecule has 1 aromatic carbocycles. The SMILES string of the molecule is Cc1ncc(C(=O)NCc2ccncn2)c(C2CCN(C(=O)COc3ccccc3)CC2)n1. The molecule has 3 heterocycles. The van der Waals surface area contributed by atoms with Gasteiger partial charge in [-0.05, 0) is 38.0 Å². The molecular weight excluding hydrogens is 420 g/mol. The minimum atomic E-state index is -0.238. The van der Waals surface area contributed by atoms with Crippen molar-refractivity contribution in [3.05, 3.63) is 77.9 Å². The van der Waals surface area contributed by atoms with Crippen LogP contribution in [-0.2, 0) is 11.3 Å². The van der Waals surface area contributed by atoms with Gasteiger partial charge in [0.15, 0.2) is 6.61 Å². The van der Waals surface area contributed by atoms with E-state index in [-0.39, 0.29) is 24.3 Å². The number of likely N-dealkylation sites (tertiary alicyclic amines) is 1. The zero-order valence-corrected chi connectivity index (χ0v) is 18.5.